The summed E-state index contributed by atoms with van der Waals surface area (Å²) in [7, 11) is 0. The van der Waals surface area contributed by atoms with Crippen molar-refractivity contribution < 1.29 is 22.7 Å². The van der Waals surface area contributed by atoms with Crippen LogP contribution >= 0.6 is 0 Å². The predicted molar refractivity (Wildman–Crippen MR) is 69.9 cm³/mol. The van der Waals surface area contributed by atoms with Gasteiger partial charge in [-0.05, 0) is 24.3 Å². The van der Waals surface area contributed by atoms with Crippen LogP contribution in [0.25, 0.3) is 0 Å². The van der Waals surface area contributed by atoms with Gasteiger partial charge in [-0.2, -0.15) is 0 Å². The highest BCUT2D eigenvalue weighted by molar-refractivity contribution is 5.94. The fourth-order valence-corrected chi connectivity index (χ4v) is 2.20. The summed E-state index contributed by atoms with van der Waals surface area (Å²) in [6.07, 6.45) is -4.74. The van der Waals surface area contributed by atoms with Crippen LogP contribution in [0.5, 0.6) is 5.75 Å². The highest BCUT2D eigenvalue weighted by Gasteiger charge is 2.31. The van der Waals surface area contributed by atoms with Crippen LogP contribution in [-0.2, 0) is 0 Å². The van der Waals surface area contributed by atoms with Crippen molar-refractivity contribution in [2.45, 2.75) is 12.4 Å². The summed E-state index contributed by atoms with van der Waals surface area (Å²) in [6, 6.07) is 4.77. The molecule has 0 saturated carbocycles. The van der Waals surface area contributed by atoms with Crippen molar-refractivity contribution in [2.75, 3.05) is 26.2 Å². The summed E-state index contributed by atoms with van der Waals surface area (Å²) in [5.41, 5.74) is 5.93. The maximum Gasteiger partial charge on any atom is 0.573 e. The van der Waals surface area contributed by atoms with E-state index in [1.807, 2.05) is 0 Å². The van der Waals surface area contributed by atoms with Gasteiger partial charge in [0.25, 0.3) is 5.91 Å². The molecule has 0 aromatic heterocycles. The second-order valence-electron chi connectivity index (χ2n) is 4.66. The number of piperazine rings is 1. The molecule has 0 spiro atoms. The molecule has 1 heterocycles. The Hall–Kier alpha value is -1.80. The van der Waals surface area contributed by atoms with E-state index < -0.39 is 6.36 Å². The lowest BCUT2D eigenvalue weighted by Gasteiger charge is -2.35. The van der Waals surface area contributed by atoms with Gasteiger partial charge in [0.15, 0.2) is 0 Å². The summed E-state index contributed by atoms with van der Waals surface area (Å²) in [6.45, 7) is 2.12. The molecule has 0 bridgehead atoms. The Bertz CT molecular complexity index is 490. The molecule has 21 heavy (non-hydrogen) atoms. The van der Waals surface area contributed by atoms with Crippen molar-refractivity contribution in [1.29, 1.82) is 0 Å². The number of nitrogens with zero attached hydrogens (tertiary/aromatic N) is 1. The van der Waals surface area contributed by atoms with Crippen LogP contribution < -0.4 is 15.8 Å². The number of halogens is 3. The normalized spacial score (nSPS) is 19.4. The molecule has 1 aliphatic heterocycles. The number of ether oxygens (including phenoxy) is 1. The SMILES string of the molecule is NCC1CNCCN1C(=O)c1ccc(OC(F)(F)F)cc1. The highest BCUT2D eigenvalue weighted by atomic mass is 19.4. The lowest BCUT2D eigenvalue weighted by Crippen LogP contribution is -2.56. The second kappa shape index (κ2) is 6.31. The van der Waals surface area contributed by atoms with Crippen LogP contribution in [-0.4, -0.2) is 49.4 Å². The van der Waals surface area contributed by atoms with Crippen molar-refractivity contribution in [3.05, 3.63) is 29.8 Å². The third-order valence-corrected chi connectivity index (χ3v) is 3.22. The van der Waals surface area contributed by atoms with E-state index in [2.05, 4.69) is 10.1 Å². The minimum Gasteiger partial charge on any atom is -0.406 e. The molecule has 1 atom stereocenters. The van der Waals surface area contributed by atoms with Gasteiger partial charge in [-0.3, -0.25) is 4.79 Å². The number of benzene rings is 1. The van der Waals surface area contributed by atoms with Crippen molar-refractivity contribution in [1.82, 2.24) is 10.2 Å². The molecule has 8 heteroatoms. The molecule has 1 saturated heterocycles. The van der Waals surface area contributed by atoms with Crippen LogP contribution in [0.2, 0.25) is 0 Å². The zero-order valence-electron chi connectivity index (χ0n) is 11.2. The number of hydrogen-bond donors (Lipinski definition) is 2. The largest absolute Gasteiger partial charge is 0.573 e. The van der Waals surface area contributed by atoms with E-state index in [4.69, 9.17) is 5.73 Å². The minimum absolute atomic E-state index is 0.114. The van der Waals surface area contributed by atoms with Gasteiger partial charge in [0.2, 0.25) is 0 Å². The Kier molecular flexibility index (Phi) is 4.69. The van der Waals surface area contributed by atoms with Crippen LogP contribution in [0.4, 0.5) is 13.2 Å². The van der Waals surface area contributed by atoms with Crippen LogP contribution in [0.1, 0.15) is 10.4 Å². The Morgan fingerprint density at radius 1 is 1.38 bits per heavy atom. The maximum absolute atomic E-state index is 12.3. The lowest BCUT2D eigenvalue weighted by atomic mass is 10.1. The average molecular weight is 303 g/mol. The Morgan fingerprint density at radius 2 is 2.05 bits per heavy atom. The smallest absolute Gasteiger partial charge is 0.406 e. The van der Waals surface area contributed by atoms with E-state index in [0.29, 0.717) is 31.7 Å². The number of carbonyl (C=O) groups excluding carboxylic acids is 1. The van der Waals surface area contributed by atoms with Crippen molar-refractivity contribution >= 4 is 5.91 Å². The maximum atomic E-state index is 12.3. The number of nitrogens with two attached hydrogens (primary N) is 1. The van der Waals surface area contributed by atoms with Gasteiger partial charge in [-0.1, -0.05) is 0 Å². The van der Waals surface area contributed by atoms with Gasteiger partial charge in [0, 0.05) is 31.7 Å². The summed E-state index contributed by atoms with van der Waals surface area (Å²) in [5.74, 6) is -0.597. The van der Waals surface area contributed by atoms with Gasteiger partial charge in [0.05, 0.1) is 6.04 Å². The zero-order valence-corrected chi connectivity index (χ0v) is 11.2. The first-order chi connectivity index (χ1) is 9.90. The Labute approximate surface area is 119 Å². The molecule has 1 unspecified atom stereocenters. The number of nitrogens with one attached hydrogen (secondary N) is 1. The Balaban J connectivity index is 2.08. The number of rotatable bonds is 3. The predicted octanol–water partition coefficient (Wildman–Crippen LogP) is 0.958. The number of amides is 1. The topological polar surface area (TPSA) is 67.6 Å². The van der Waals surface area contributed by atoms with Gasteiger partial charge in [0.1, 0.15) is 5.75 Å². The third kappa shape index (κ3) is 4.08. The molecular formula is C13H16F3N3O2. The fraction of sp³-hybridized carbons (Fsp3) is 0.462. The van der Waals surface area contributed by atoms with E-state index in [9.17, 15) is 18.0 Å². The molecule has 3 N–H and O–H groups in total. The first kappa shape index (κ1) is 15.6. The second-order valence-corrected chi connectivity index (χ2v) is 4.66. The summed E-state index contributed by atoms with van der Waals surface area (Å²) in [4.78, 5) is 14.0. The van der Waals surface area contributed by atoms with Crippen LogP contribution in [0.3, 0.4) is 0 Å². The first-order valence-corrected chi connectivity index (χ1v) is 6.48. The van der Waals surface area contributed by atoms with Crippen molar-refractivity contribution in [3.8, 4) is 5.75 Å². The molecule has 1 aliphatic rings. The molecule has 1 aromatic carbocycles. The van der Waals surface area contributed by atoms with E-state index in [1.54, 1.807) is 4.90 Å². The molecule has 0 aliphatic carbocycles. The van der Waals surface area contributed by atoms with Gasteiger partial charge in [-0.15, -0.1) is 13.2 Å². The lowest BCUT2D eigenvalue weighted by molar-refractivity contribution is -0.274. The number of alkyl halides is 3. The number of carbonyl (C=O) groups is 1. The van der Waals surface area contributed by atoms with Crippen molar-refractivity contribution in [2.24, 2.45) is 5.73 Å². The van der Waals surface area contributed by atoms with E-state index in [0.717, 1.165) is 12.1 Å². The Morgan fingerprint density at radius 3 is 2.62 bits per heavy atom. The van der Waals surface area contributed by atoms with Crippen LogP contribution in [0.15, 0.2) is 24.3 Å². The minimum atomic E-state index is -4.74. The molecular weight excluding hydrogens is 287 g/mol. The highest BCUT2D eigenvalue weighted by Crippen LogP contribution is 2.23. The first-order valence-electron chi connectivity index (χ1n) is 6.48. The van der Waals surface area contributed by atoms with E-state index >= 15 is 0 Å². The standard InChI is InChI=1S/C13H16F3N3O2/c14-13(15,16)21-11-3-1-9(2-4-11)12(20)19-6-5-18-8-10(19)7-17/h1-4,10,18H,5-8,17H2. The fourth-order valence-electron chi connectivity index (χ4n) is 2.20. The number of hydrogen-bond acceptors (Lipinski definition) is 4. The summed E-state index contributed by atoms with van der Waals surface area (Å²) >= 11 is 0. The van der Waals surface area contributed by atoms with E-state index in [-0.39, 0.29) is 17.7 Å². The third-order valence-electron chi connectivity index (χ3n) is 3.22. The molecule has 116 valence electrons. The quantitative estimate of drug-likeness (QED) is 0.873. The molecule has 0 radical (unpaired) electrons. The molecule has 2 rings (SSSR count). The molecule has 1 amide bonds. The van der Waals surface area contributed by atoms with Gasteiger partial charge < -0.3 is 20.7 Å². The molecule has 1 aromatic rings. The molecule has 5 nitrogen and oxygen atoms in total. The van der Waals surface area contributed by atoms with Gasteiger partial charge in [-0.25, -0.2) is 0 Å². The average Bonchev–Trinajstić information content (AvgIpc) is 2.45. The van der Waals surface area contributed by atoms with Crippen molar-refractivity contribution in [3.63, 3.8) is 0 Å². The zero-order chi connectivity index (χ0) is 15.5. The van der Waals surface area contributed by atoms with Crippen LogP contribution in [0, 0.1) is 0 Å². The monoisotopic (exact) mass is 303 g/mol. The van der Waals surface area contributed by atoms with Gasteiger partial charge >= 0.3 is 6.36 Å². The summed E-state index contributed by atoms with van der Waals surface area (Å²) < 4.78 is 40.0. The summed E-state index contributed by atoms with van der Waals surface area (Å²) in [5, 5.41) is 3.14. The molecule has 1 fully saturated rings. The van der Waals surface area contributed by atoms with E-state index in [1.165, 1.54) is 12.1 Å².